The van der Waals surface area contributed by atoms with E-state index in [1.165, 1.54) is 11.8 Å². The summed E-state index contributed by atoms with van der Waals surface area (Å²) in [7, 11) is -3.53. The van der Waals surface area contributed by atoms with Gasteiger partial charge in [0.1, 0.15) is 0 Å². The SMILES string of the molecule is Cc1ccc(S(=O)(=O)NCCN2CCN(c3ccccc3)CC2)cc1Cl. The van der Waals surface area contributed by atoms with E-state index in [0.29, 0.717) is 18.1 Å². The van der Waals surface area contributed by atoms with Crippen LogP contribution in [0.4, 0.5) is 5.69 Å². The molecule has 0 bridgehead atoms. The highest BCUT2D eigenvalue weighted by Crippen LogP contribution is 2.20. The van der Waals surface area contributed by atoms with Crippen LogP contribution in [0.25, 0.3) is 0 Å². The van der Waals surface area contributed by atoms with Crippen molar-refractivity contribution in [2.45, 2.75) is 11.8 Å². The molecular formula is C19H24ClN3O2S. The van der Waals surface area contributed by atoms with Crippen LogP contribution < -0.4 is 9.62 Å². The standard InChI is InChI=1S/C19H24ClN3O2S/c1-16-7-8-18(15-19(16)20)26(24,25)21-9-10-22-11-13-23(14-12-22)17-5-3-2-4-6-17/h2-8,15,21H,9-14H2,1H3. The molecule has 0 amide bonds. The summed E-state index contributed by atoms with van der Waals surface area (Å²) < 4.78 is 27.4. The van der Waals surface area contributed by atoms with E-state index in [1.54, 1.807) is 12.1 Å². The summed E-state index contributed by atoms with van der Waals surface area (Å²) in [6.07, 6.45) is 0. The summed E-state index contributed by atoms with van der Waals surface area (Å²) in [6, 6.07) is 15.2. The summed E-state index contributed by atoms with van der Waals surface area (Å²) in [4.78, 5) is 4.85. The number of hydrogen-bond acceptors (Lipinski definition) is 4. The van der Waals surface area contributed by atoms with Crippen molar-refractivity contribution in [3.05, 3.63) is 59.1 Å². The number of rotatable bonds is 6. The molecule has 0 aromatic heterocycles. The van der Waals surface area contributed by atoms with Gasteiger partial charge in [-0.15, -0.1) is 0 Å². The van der Waals surface area contributed by atoms with Crippen molar-refractivity contribution in [3.8, 4) is 0 Å². The topological polar surface area (TPSA) is 52.7 Å². The first-order valence-corrected chi connectivity index (χ1v) is 10.6. The van der Waals surface area contributed by atoms with E-state index < -0.39 is 10.0 Å². The quantitative estimate of drug-likeness (QED) is 0.819. The molecule has 0 radical (unpaired) electrons. The van der Waals surface area contributed by atoms with Crippen molar-refractivity contribution in [1.29, 1.82) is 0 Å². The minimum absolute atomic E-state index is 0.210. The van der Waals surface area contributed by atoms with Crippen molar-refractivity contribution in [1.82, 2.24) is 9.62 Å². The van der Waals surface area contributed by atoms with Crippen molar-refractivity contribution < 1.29 is 8.42 Å². The molecular weight excluding hydrogens is 370 g/mol. The molecule has 1 fully saturated rings. The number of nitrogens with one attached hydrogen (secondary N) is 1. The fourth-order valence-electron chi connectivity index (χ4n) is 3.03. The highest BCUT2D eigenvalue weighted by atomic mass is 35.5. The van der Waals surface area contributed by atoms with Gasteiger partial charge in [0.25, 0.3) is 0 Å². The minimum atomic E-state index is -3.53. The number of nitrogens with zero attached hydrogens (tertiary/aromatic N) is 2. The van der Waals surface area contributed by atoms with Gasteiger partial charge in [-0.1, -0.05) is 35.9 Å². The van der Waals surface area contributed by atoms with E-state index in [2.05, 4.69) is 26.7 Å². The Morgan fingerprint density at radius 2 is 1.73 bits per heavy atom. The maximum absolute atomic E-state index is 12.4. The van der Waals surface area contributed by atoms with Crippen LogP contribution in [0.2, 0.25) is 5.02 Å². The maximum Gasteiger partial charge on any atom is 0.240 e. The zero-order valence-corrected chi connectivity index (χ0v) is 16.4. The Bertz CT molecular complexity index is 835. The molecule has 1 aliphatic heterocycles. The van der Waals surface area contributed by atoms with Crippen LogP contribution in [0.1, 0.15) is 5.56 Å². The molecule has 5 nitrogen and oxygen atoms in total. The Labute approximate surface area is 160 Å². The van der Waals surface area contributed by atoms with Crippen molar-refractivity contribution in [2.24, 2.45) is 0 Å². The van der Waals surface area contributed by atoms with Crippen LogP contribution in [0.5, 0.6) is 0 Å². The van der Waals surface area contributed by atoms with Gasteiger partial charge in [-0.2, -0.15) is 0 Å². The molecule has 0 unspecified atom stereocenters. The first kappa shape index (κ1) is 19.2. The van der Waals surface area contributed by atoms with Gasteiger partial charge >= 0.3 is 0 Å². The van der Waals surface area contributed by atoms with Crippen LogP contribution in [0.15, 0.2) is 53.4 Å². The summed E-state index contributed by atoms with van der Waals surface area (Å²) in [5, 5.41) is 0.463. The second-order valence-electron chi connectivity index (χ2n) is 6.47. The van der Waals surface area contributed by atoms with Gasteiger partial charge in [0, 0.05) is 50.0 Å². The fraction of sp³-hybridized carbons (Fsp3) is 0.368. The summed E-state index contributed by atoms with van der Waals surface area (Å²) >= 11 is 6.03. The molecule has 1 heterocycles. The monoisotopic (exact) mass is 393 g/mol. The van der Waals surface area contributed by atoms with Crippen molar-refractivity contribution in [2.75, 3.05) is 44.2 Å². The van der Waals surface area contributed by atoms with Crippen LogP contribution in [-0.2, 0) is 10.0 Å². The molecule has 0 aliphatic carbocycles. The van der Waals surface area contributed by atoms with E-state index in [-0.39, 0.29) is 4.90 Å². The fourth-order valence-corrected chi connectivity index (χ4v) is 4.32. The van der Waals surface area contributed by atoms with Crippen molar-refractivity contribution >= 4 is 27.3 Å². The molecule has 0 spiro atoms. The van der Waals surface area contributed by atoms with Crippen LogP contribution >= 0.6 is 11.6 Å². The first-order valence-electron chi connectivity index (χ1n) is 8.74. The number of hydrogen-bond donors (Lipinski definition) is 1. The number of piperazine rings is 1. The van der Waals surface area contributed by atoms with E-state index in [0.717, 1.165) is 31.7 Å². The minimum Gasteiger partial charge on any atom is -0.369 e. The molecule has 140 valence electrons. The normalized spacial score (nSPS) is 16.0. The van der Waals surface area contributed by atoms with Crippen LogP contribution in [0, 0.1) is 6.92 Å². The lowest BCUT2D eigenvalue weighted by Crippen LogP contribution is -2.48. The molecule has 1 aliphatic rings. The molecule has 2 aromatic rings. The third-order valence-corrected chi connectivity index (χ3v) is 6.53. The van der Waals surface area contributed by atoms with Crippen LogP contribution in [-0.4, -0.2) is 52.6 Å². The summed E-state index contributed by atoms with van der Waals surface area (Å²) in [6.45, 7) is 6.68. The van der Waals surface area contributed by atoms with E-state index in [4.69, 9.17) is 11.6 Å². The largest absolute Gasteiger partial charge is 0.369 e. The average molecular weight is 394 g/mol. The van der Waals surface area contributed by atoms with E-state index in [9.17, 15) is 8.42 Å². The molecule has 2 aromatic carbocycles. The van der Waals surface area contributed by atoms with Gasteiger partial charge in [-0.3, -0.25) is 4.90 Å². The van der Waals surface area contributed by atoms with Gasteiger partial charge < -0.3 is 4.90 Å². The second kappa shape index (κ2) is 8.39. The maximum atomic E-state index is 12.4. The smallest absolute Gasteiger partial charge is 0.240 e. The molecule has 1 saturated heterocycles. The second-order valence-corrected chi connectivity index (χ2v) is 8.65. The Hall–Kier alpha value is -1.60. The van der Waals surface area contributed by atoms with Gasteiger partial charge in [0.15, 0.2) is 0 Å². The highest BCUT2D eigenvalue weighted by molar-refractivity contribution is 7.89. The van der Waals surface area contributed by atoms with Crippen molar-refractivity contribution in [3.63, 3.8) is 0 Å². The lowest BCUT2D eigenvalue weighted by atomic mass is 10.2. The van der Waals surface area contributed by atoms with Gasteiger partial charge in [-0.05, 0) is 36.8 Å². The summed E-state index contributed by atoms with van der Waals surface area (Å²) in [5.41, 5.74) is 2.10. The molecule has 3 rings (SSSR count). The lowest BCUT2D eigenvalue weighted by Gasteiger charge is -2.36. The number of sulfonamides is 1. The first-order chi connectivity index (χ1) is 12.5. The average Bonchev–Trinajstić information content (AvgIpc) is 2.65. The molecule has 0 atom stereocenters. The molecule has 26 heavy (non-hydrogen) atoms. The van der Waals surface area contributed by atoms with Gasteiger partial charge in [-0.25, -0.2) is 13.1 Å². The zero-order valence-electron chi connectivity index (χ0n) is 14.9. The Morgan fingerprint density at radius 3 is 2.38 bits per heavy atom. The molecule has 0 saturated carbocycles. The Morgan fingerprint density at radius 1 is 1.04 bits per heavy atom. The summed E-state index contributed by atoms with van der Waals surface area (Å²) in [5.74, 6) is 0. The third-order valence-electron chi connectivity index (χ3n) is 4.67. The number of aryl methyl sites for hydroxylation is 1. The number of halogens is 1. The predicted molar refractivity (Wildman–Crippen MR) is 106 cm³/mol. The van der Waals surface area contributed by atoms with E-state index >= 15 is 0 Å². The Kier molecular flexibility index (Phi) is 6.19. The molecule has 1 N–H and O–H groups in total. The number of anilines is 1. The zero-order chi connectivity index (χ0) is 18.6. The van der Waals surface area contributed by atoms with E-state index in [1.807, 2.05) is 25.1 Å². The highest BCUT2D eigenvalue weighted by Gasteiger charge is 2.19. The predicted octanol–water partition coefficient (Wildman–Crippen LogP) is 2.75. The number of benzene rings is 2. The number of para-hydroxylation sites is 1. The van der Waals surface area contributed by atoms with Gasteiger partial charge in [0.05, 0.1) is 4.90 Å². The van der Waals surface area contributed by atoms with Gasteiger partial charge in [0.2, 0.25) is 10.0 Å². The van der Waals surface area contributed by atoms with Crippen LogP contribution in [0.3, 0.4) is 0 Å². The Balaban J connectivity index is 1.47. The lowest BCUT2D eigenvalue weighted by molar-refractivity contribution is 0.262. The molecule has 7 heteroatoms. The third kappa shape index (κ3) is 4.76.